The maximum absolute atomic E-state index is 12.4. The SMILES string of the molecule is COc1ccc(S(=O)(=O)NC(Cc2cccnc2)C(=O)NO)cc1. The van der Waals surface area contributed by atoms with Crippen LogP contribution in [0.5, 0.6) is 5.75 Å². The van der Waals surface area contributed by atoms with Gasteiger partial charge in [-0.25, -0.2) is 13.9 Å². The fourth-order valence-corrected chi connectivity index (χ4v) is 3.23. The van der Waals surface area contributed by atoms with Crippen LogP contribution in [0.4, 0.5) is 0 Å². The molecule has 1 heterocycles. The van der Waals surface area contributed by atoms with Crippen molar-refractivity contribution in [1.82, 2.24) is 15.2 Å². The van der Waals surface area contributed by atoms with Gasteiger partial charge in [0.05, 0.1) is 12.0 Å². The summed E-state index contributed by atoms with van der Waals surface area (Å²) in [6, 6.07) is 7.89. The summed E-state index contributed by atoms with van der Waals surface area (Å²) in [5, 5.41) is 8.85. The standard InChI is InChI=1S/C15H17N3O5S/c1-23-12-4-6-13(7-5-12)24(21,22)18-14(15(19)17-20)9-11-3-2-8-16-10-11/h2-8,10,14,18,20H,9H2,1H3,(H,17,19). The van der Waals surface area contributed by atoms with Gasteiger partial charge in [0.1, 0.15) is 11.8 Å². The number of carbonyl (C=O) groups is 1. The number of aromatic nitrogens is 1. The van der Waals surface area contributed by atoms with Gasteiger partial charge in [-0.05, 0) is 42.3 Å². The second-order valence-electron chi connectivity index (χ2n) is 4.89. The normalized spacial score (nSPS) is 12.4. The van der Waals surface area contributed by atoms with Crippen LogP contribution in [0.1, 0.15) is 5.56 Å². The van der Waals surface area contributed by atoms with E-state index in [2.05, 4.69) is 9.71 Å². The van der Waals surface area contributed by atoms with Crippen molar-refractivity contribution in [2.45, 2.75) is 17.4 Å². The van der Waals surface area contributed by atoms with Crippen LogP contribution in [0.3, 0.4) is 0 Å². The summed E-state index contributed by atoms with van der Waals surface area (Å²) in [4.78, 5) is 15.7. The molecule has 0 spiro atoms. The molecule has 2 rings (SSSR count). The van der Waals surface area contributed by atoms with Crippen LogP contribution in [-0.4, -0.2) is 37.7 Å². The van der Waals surface area contributed by atoms with E-state index in [1.807, 2.05) is 0 Å². The molecule has 1 aromatic heterocycles. The van der Waals surface area contributed by atoms with Gasteiger partial charge in [-0.1, -0.05) is 6.07 Å². The number of hydrogen-bond donors (Lipinski definition) is 3. The molecular formula is C15H17N3O5S. The minimum atomic E-state index is -3.96. The lowest BCUT2D eigenvalue weighted by atomic mass is 10.1. The first-order valence-corrected chi connectivity index (χ1v) is 8.44. The van der Waals surface area contributed by atoms with E-state index in [4.69, 9.17) is 9.94 Å². The minimum Gasteiger partial charge on any atom is -0.497 e. The van der Waals surface area contributed by atoms with E-state index in [1.165, 1.54) is 43.1 Å². The van der Waals surface area contributed by atoms with E-state index in [0.717, 1.165) is 0 Å². The molecule has 1 unspecified atom stereocenters. The van der Waals surface area contributed by atoms with Gasteiger partial charge in [0.15, 0.2) is 0 Å². The number of hydrogen-bond acceptors (Lipinski definition) is 6. The molecule has 0 saturated carbocycles. The summed E-state index contributed by atoms with van der Waals surface area (Å²) in [6.07, 6.45) is 3.11. The fraction of sp³-hybridized carbons (Fsp3) is 0.200. The number of ether oxygens (including phenoxy) is 1. The van der Waals surface area contributed by atoms with Crippen LogP contribution < -0.4 is 14.9 Å². The van der Waals surface area contributed by atoms with Gasteiger partial charge in [0, 0.05) is 12.4 Å². The topological polar surface area (TPSA) is 118 Å². The Labute approximate surface area is 139 Å². The quantitative estimate of drug-likeness (QED) is 0.493. The molecule has 0 saturated heterocycles. The number of carbonyl (C=O) groups excluding carboxylic acids is 1. The fourth-order valence-electron chi connectivity index (χ4n) is 2.03. The van der Waals surface area contributed by atoms with E-state index >= 15 is 0 Å². The largest absolute Gasteiger partial charge is 0.497 e. The second-order valence-corrected chi connectivity index (χ2v) is 6.60. The zero-order chi connectivity index (χ0) is 17.6. The van der Waals surface area contributed by atoms with Crippen LogP contribution >= 0.6 is 0 Å². The van der Waals surface area contributed by atoms with E-state index in [0.29, 0.717) is 11.3 Å². The zero-order valence-electron chi connectivity index (χ0n) is 12.8. The number of rotatable bonds is 7. The molecule has 0 aliphatic rings. The van der Waals surface area contributed by atoms with Crippen molar-refractivity contribution in [3.05, 3.63) is 54.4 Å². The summed E-state index contributed by atoms with van der Waals surface area (Å²) in [5.74, 6) is -0.357. The first-order chi connectivity index (χ1) is 11.5. The Hall–Kier alpha value is -2.49. The van der Waals surface area contributed by atoms with E-state index in [-0.39, 0.29) is 11.3 Å². The van der Waals surface area contributed by atoms with Crippen molar-refractivity contribution < 1.29 is 23.2 Å². The van der Waals surface area contributed by atoms with Crippen LogP contribution in [0.2, 0.25) is 0 Å². The maximum Gasteiger partial charge on any atom is 0.261 e. The van der Waals surface area contributed by atoms with Gasteiger partial charge in [-0.3, -0.25) is 15.0 Å². The molecule has 1 amide bonds. The number of hydroxylamine groups is 1. The zero-order valence-corrected chi connectivity index (χ0v) is 13.7. The van der Waals surface area contributed by atoms with Crippen molar-refractivity contribution in [2.75, 3.05) is 7.11 Å². The molecule has 0 radical (unpaired) electrons. The average molecular weight is 351 g/mol. The highest BCUT2D eigenvalue weighted by molar-refractivity contribution is 7.89. The van der Waals surface area contributed by atoms with Crippen molar-refractivity contribution in [1.29, 1.82) is 0 Å². The van der Waals surface area contributed by atoms with Gasteiger partial charge < -0.3 is 4.74 Å². The third-order valence-corrected chi connectivity index (χ3v) is 4.74. The van der Waals surface area contributed by atoms with Crippen molar-refractivity contribution >= 4 is 15.9 Å². The monoisotopic (exact) mass is 351 g/mol. The third kappa shape index (κ3) is 4.51. The lowest BCUT2D eigenvalue weighted by Crippen LogP contribution is -2.47. The molecule has 0 fully saturated rings. The van der Waals surface area contributed by atoms with Gasteiger partial charge >= 0.3 is 0 Å². The van der Waals surface area contributed by atoms with E-state index in [9.17, 15) is 13.2 Å². The summed E-state index contributed by atoms with van der Waals surface area (Å²) < 4.78 is 32.1. The number of nitrogens with one attached hydrogen (secondary N) is 2. The Kier molecular flexibility index (Phi) is 5.85. The Balaban J connectivity index is 2.22. The third-order valence-electron chi connectivity index (χ3n) is 3.26. The lowest BCUT2D eigenvalue weighted by Gasteiger charge is -2.17. The first kappa shape index (κ1) is 17.9. The lowest BCUT2D eigenvalue weighted by molar-refractivity contribution is -0.130. The smallest absolute Gasteiger partial charge is 0.261 e. The molecular weight excluding hydrogens is 334 g/mol. The molecule has 0 aliphatic heterocycles. The number of nitrogens with zero attached hydrogens (tertiary/aromatic N) is 1. The molecule has 1 atom stereocenters. The van der Waals surface area contributed by atoms with E-state index in [1.54, 1.807) is 18.3 Å². The van der Waals surface area contributed by atoms with Crippen molar-refractivity contribution in [2.24, 2.45) is 0 Å². The van der Waals surface area contributed by atoms with Crippen molar-refractivity contribution in [3.63, 3.8) is 0 Å². The summed E-state index contributed by atoms with van der Waals surface area (Å²) >= 11 is 0. The summed E-state index contributed by atoms with van der Waals surface area (Å²) in [5.41, 5.74) is 2.11. The molecule has 0 aliphatic carbocycles. The predicted molar refractivity (Wildman–Crippen MR) is 85.0 cm³/mol. The van der Waals surface area contributed by atoms with Crippen molar-refractivity contribution in [3.8, 4) is 5.75 Å². The average Bonchev–Trinajstić information content (AvgIpc) is 2.61. The second kappa shape index (κ2) is 7.86. The van der Waals surface area contributed by atoms with Gasteiger partial charge in [0.2, 0.25) is 10.0 Å². The number of amides is 1. The molecule has 9 heteroatoms. The van der Waals surface area contributed by atoms with Crippen LogP contribution in [-0.2, 0) is 21.2 Å². The van der Waals surface area contributed by atoms with Gasteiger partial charge in [0.25, 0.3) is 5.91 Å². The number of benzene rings is 1. The number of methoxy groups -OCH3 is 1. The van der Waals surface area contributed by atoms with Crippen LogP contribution in [0.25, 0.3) is 0 Å². The summed E-state index contributed by atoms with van der Waals surface area (Å²) in [7, 11) is -2.49. The van der Waals surface area contributed by atoms with Gasteiger partial charge in [-0.15, -0.1) is 0 Å². The van der Waals surface area contributed by atoms with E-state index < -0.39 is 22.0 Å². The van der Waals surface area contributed by atoms with Crippen LogP contribution in [0.15, 0.2) is 53.7 Å². The highest BCUT2D eigenvalue weighted by Gasteiger charge is 2.26. The molecule has 1 aromatic carbocycles. The summed E-state index contributed by atoms with van der Waals surface area (Å²) in [6.45, 7) is 0. The Morgan fingerprint density at radius 1 is 1.29 bits per heavy atom. The molecule has 8 nitrogen and oxygen atoms in total. The highest BCUT2D eigenvalue weighted by atomic mass is 32.2. The highest BCUT2D eigenvalue weighted by Crippen LogP contribution is 2.16. The number of sulfonamides is 1. The predicted octanol–water partition coefficient (Wildman–Crippen LogP) is 0.485. The maximum atomic E-state index is 12.4. The molecule has 0 bridgehead atoms. The van der Waals surface area contributed by atoms with Crippen LogP contribution in [0, 0.1) is 0 Å². The first-order valence-electron chi connectivity index (χ1n) is 6.95. The molecule has 2 aromatic rings. The molecule has 3 N–H and O–H groups in total. The Morgan fingerprint density at radius 2 is 2.00 bits per heavy atom. The minimum absolute atomic E-state index is 0.0229. The Bertz CT molecular complexity index is 779. The molecule has 128 valence electrons. The van der Waals surface area contributed by atoms with Gasteiger partial charge in [-0.2, -0.15) is 4.72 Å². The molecule has 24 heavy (non-hydrogen) atoms. The number of pyridine rings is 1. The Morgan fingerprint density at radius 3 is 2.54 bits per heavy atom.